The molecule has 7 nitrogen and oxygen atoms in total. The monoisotopic (exact) mass is 518 g/mol. The number of anilines is 2. The van der Waals surface area contributed by atoms with Crippen molar-refractivity contribution in [2.45, 2.75) is 19.0 Å². The summed E-state index contributed by atoms with van der Waals surface area (Å²) >= 11 is 0. The summed E-state index contributed by atoms with van der Waals surface area (Å²) in [5.74, 6) is -1.72. The van der Waals surface area contributed by atoms with Crippen molar-refractivity contribution in [3.05, 3.63) is 89.5 Å². The molecule has 0 radical (unpaired) electrons. The van der Waals surface area contributed by atoms with E-state index in [2.05, 4.69) is 4.74 Å². The standard InChI is InChI=1S/C26H22F4N2O5/c27-25(28)26(29,30)37-21-10-5-18(6-11-21)24(34)36-20-8-1-16(2-9-20)3-12-23(33)35-14-13-17-4-7-19(31)15-22(17)32/h1-12,15,25H,13-14,31-32H2. The average molecular weight is 518 g/mol. The van der Waals surface area contributed by atoms with Gasteiger partial charge in [0, 0.05) is 23.9 Å². The van der Waals surface area contributed by atoms with Crippen LogP contribution in [0.5, 0.6) is 11.5 Å². The zero-order valence-electron chi connectivity index (χ0n) is 19.2. The smallest absolute Gasteiger partial charge is 0.461 e. The van der Waals surface area contributed by atoms with Gasteiger partial charge in [-0.25, -0.2) is 9.59 Å². The van der Waals surface area contributed by atoms with E-state index < -0.39 is 30.2 Å². The van der Waals surface area contributed by atoms with Gasteiger partial charge < -0.3 is 25.7 Å². The molecular weight excluding hydrogens is 496 g/mol. The molecule has 37 heavy (non-hydrogen) atoms. The fourth-order valence-electron chi connectivity index (χ4n) is 2.99. The van der Waals surface area contributed by atoms with Gasteiger partial charge in [0.15, 0.2) is 0 Å². The quantitative estimate of drug-likeness (QED) is 0.126. The van der Waals surface area contributed by atoms with Gasteiger partial charge in [0.05, 0.1) is 12.2 Å². The highest BCUT2D eigenvalue weighted by molar-refractivity contribution is 5.91. The molecule has 0 unspecified atom stereocenters. The van der Waals surface area contributed by atoms with E-state index in [-0.39, 0.29) is 17.9 Å². The third-order valence-electron chi connectivity index (χ3n) is 4.89. The van der Waals surface area contributed by atoms with Gasteiger partial charge in [0.2, 0.25) is 0 Å². The van der Waals surface area contributed by atoms with E-state index in [1.165, 1.54) is 24.3 Å². The second-order valence-electron chi connectivity index (χ2n) is 7.66. The number of carbonyl (C=O) groups excluding carboxylic acids is 2. The molecule has 0 saturated carbocycles. The van der Waals surface area contributed by atoms with Crippen molar-refractivity contribution in [1.29, 1.82) is 0 Å². The van der Waals surface area contributed by atoms with Crippen LogP contribution in [0.25, 0.3) is 6.08 Å². The van der Waals surface area contributed by atoms with Gasteiger partial charge in [-0.15, -0.1) is 0 Å². The minimum Gasteiger partial charge on any atom is -0.462 e. The van der Waals surface area contributed by atoms with Crippen molar-refractivity contribution >= 4 is 29.4 Å². The first-order valence-electron chi connectivity index (χ1n) is 10.8. The van der Waals surface area contributed by atoms with Crippen LogP contribution in [0.1, 0.15) is 21.5 Å². The number of ether oxygens (including phenoxy) is 3. The van der Waals surface area contributed by atoms with E-state index in [0.717, 1.165) is 29.8 Å². The van der Waals surface area contributed by atoms with Crippen LogP contribution in [0, 0.1) is 0 Å². The second-order valence-corrected chi connectivity index (χ2v) is 7.66. The molecule has 0 heterocycles. The normalized spacial score (nSPS) is 11.5. The number of nitrogens with two attached hydrogens (primary N) is 2. The van der Waals surface area contributed by atoms with Crippen LogP contribution in [0.4, 0.5) is 28.9 Å². The van der Waals surface area contributed by atoms with E-state index in [1.807, 2.05) is 0 Å². The molecule has 0 aliphatic rings. The van der Waals surface area contributed by atoms with Gasteiger partial charge in [0.25, 0.3) is 0 Å². The summed E-state index contributed by atoms with van der Waals surface area (Å²) in [6.45, 7) is 0.133. The maximum Gasteiger partial charge on any atom is 0.461 e. The van der Waals surface area contributed by atoms with Gasteiger partial charge in [0.1, 0.15) is 11.5 Å². The Morgan fingerprint density at radius 1 is 0.919 bits per heavy atom. The molecule has 3 aromatic carbocycles. The number of hydrogen-bond acceptors (Lipinski definition) is 7. The van der Waals surface area contributed by atoms with E-state index in [1.54, 1.807) is 30.3 Å². The molecule has 0 bridgehead atoms. The average Bonchev–Trinajstić information content (AvgIpc) is 2.85. The number of halogens is 4. The van der Waals surface area contributed by atoms with Gasteiger partial charge in [-0.2, -0.15) is 17.6 Å². The molecule has 0 aliphatic heterocycles. The summed E-state index contributed by atoms with van der Waals surface area (Å²) in [7, 11) is 0. The minimum absolute atomic E-state index is 0.0137. The Morgan fingerprint density at radius 3 is 2.19 bits per heavy atom. The maximum absolute atomic E-state index is 13.0. The van der Waals surface area contributed by atoms with E-state index in [0.29, 0.717) is 23.4 Å². The van der Waals surface area contributed by atoms with Crippen LogP contribution < -0.4 is 20.9 Å². The maximum atomic E-state index is 13.0. The van der Waals surface area contributed by atoms with Crippen LogP contribution in [-0.2, 0) is 16.0 Å². The highest BCUT2D eigenvalue weighted by atomic mass is 19.3. The zero-order valence-corrected chi connectivity index (χ0v) is 19.2. The van der Waals surface area contributed by atoms with Crippen LogP contribution in [0.2, 0.25) is 0 Å². The molecule has 0 aliphatic carbocycles. The lowest BCUT2D eigenvalue weighted by atomic mass is 10.1. The molecule has 0 atom stereocenters. The summed E-state index contributed by atoms with van der Waals surface area (Å²) in [4.78, 5) is 24.2. The molecule has 194 valence electrons. The van der Waals surface area contributed by atoms with Crippen LogP contribution in [0.15, 0.2) is 72.8 Å². The fraction of sp³-hybridized carbons (Fsp3) is 0.154. The fourth-order valence-corrected chi connectivity index (χ4v) is 2.99. The van der Waals surface area contributed by atoms with Crippen molar-refractivity contribution in [2.75, 3.05) is 18.1 Å². The first-order valence-corrected chi connectivity index (χ1v) is 10.8. The predicted octanol–water partition coefficient (Wildman–Crippen LogP) is 5.11. The summed E-state index contributed by atoms with van der Waals surface area (Å²) < 4.78 is 64.6. The zero-order chi connectivity index (χ0) is 27.0. The minimum atomic E-state index is -4.65. The molecule has 11 heteroatoms. The van der Waals surface area contributed by atoms with Gasteiger partial charge >= 0.3 is 24.5 Å². The van der Waals surface area contributed by atoms with Crippen molar-refractivity contribution in [3.63, 3.8) is 0 Å². The molecule has 0 saturated heterocycles. The highest BCUT2D eigenvalue weighted by Crippen LogP contribution is 2.27. The lowest BCUT2D eigenvalue weighted by Crippen LogP contribution is -2.33. The number of hydrogen-bond donors (Lipinski definition) is 2. The Hall–Kier alpha value is -4.54. The number of nitrogen functional groups attached to an aromatic ring is 2. The molecular formula is C26H22F4N2O5. The summed E-state index contributed by atoms with van der Waals surface area (Å²) in [5, 5.41) is 0. The molecule has 4 N–H and O–H groups in total. The summed E-state index contributed by atoms with van der Waals surface area (Å²) in [6.07, 6.45) is -5.46. The highest BCUT2D eigenvalue weighted by Gasteiger charge is 2.43. The SMILES string of the molecule is Nc1ccc(CCOC(=O)C=Cc2ccc(OC(=O)c3ccc(OC(F)(F)C(F)F)cc3)cc2)c(N)c1. The van der Waals surface area contributed by atoms with E-state index >= 15 is 0 Å². The second kappa shape index (κ2) is 11.9. The molecule has 0 amide bonds. The van der Waals surface area contributed by atoms with Crippen molar-refractivity contribution in [3.8, 4) is 11.5 Å². The van der Waals surface area contributed by atoms with Crippen LogP contribution >= 0.6 is 0 Å². The number of rotatable bonds is 10. The lowest BCUT2D eigenvalue weighted by Gasteiger charge is -2.16. The van der Waals surface area contributed by atoms with Crippen LogP contribution in [0.3, 0.4) is 0 Å². The molecule has 0 aromatic heterocycles. The Kier molecular flexibility index (Phi) is 8.72. The number of carbonyl (C=O) groups is 2. The third kappa shape index (κ3) is 7.99. The van der Waals surface area contributed by atoms with E-state index in [4.69, 9.17) is 20.9 Å². The number of benzene rings is 3. The van der Waals surface area contributed by atoms with Crippen LogP contribution in [-0.4, -0.2) is 31.1 Å². The Morgan fingerprint density at radius 2 is 1.57 bits per heavy atom. The molecule has 0 fully saturated rings. The van der Waals surface area contributed by atoms with Gasteiger partial charge in [-0.3, -0.25) is 0 Å². The molecule has 3 rings (SSSR count). The number of alkyl halides is 4. The van der Waals surface area contributed by atoms with E-state index in [9.17, 15) is 27.2 Å². The molecule has 3 aromatic rings. The van der Waals surface area contributed by atoms with Crippen molar-refractivity contribution in [1.82, 2.24) is 0 Å². The first-order chi connectivity index (χ1) is 17.5. The molecule has 0 spiro atoms. The lowest BCUT2D eigenvalue weighted by molar-refractivity contribution is -0.253. The van der Waals surface area contributed by atoms with Crippen molar-refractivity contribution < 1.29 is 41.4 Å². The summed E-state index contributed by atoms with van der Waals surface area (Å²) in [5.41, 5.74) is 14.0. The van der Waals surface area contributed by atoms with Gasteiger partial charge in [-0.1, -0.05) is 18.2 Å². The van der Waals surface area contributed by atoms with Gasteiger partial charge in [-0.05, 0) is 65.7 Å². The third-order valence-corrected chi connectivity index (χ3v) is 4.89. The Bertz CT molecular complexity index is 1260. The predicted molar refractivity (Wildman–Crippen MR) is 128 cm³/mol. The Balaban J connectivity index is 1.48. The first kappa shape index (κ1) is 27.1. The summed E-state index contributed by atoms with van der Waals surface area (Å²) in [6, 6.07) is 15.3. The largest absolute Gasteiger partial charge is 0.462 e. The van der Waals surface area contributed by atoms with Crippen molar-refractivity contribution in [2.24, 2.45) is 0 Å². The Labute approximate surface area is 209 Å². The topological polar surface area (TPSA) is 114 Å². The number of esters is 2.